The van der Waals surface area contributed by atoms with Crippen molar-refractivity contribution in [3.63, 3.8) is 0 Å². The molecule has 8 heteroatoms. The number of hydrogen-bond donors (Lipinski definition) is 1. The van der Waals surface area contributed by atoms with Crippen LogP contribution in [0.1, 0.15) is 54.6 Å². The molecule has 180 valence electrons. The van der Waals surface area contributed by atoms with Gasteiger partial charge >= 0.3 is 0 Å². The Morgan fingerprint density at radius 3 is 2.32 bits per heavy atom. The molecule has 0 spiro atoms. The minimum atomic E-state index is -0.490. The molecule has 4 rings (SSSR count). The van der Waals surface area contributed by atoms with Crippen molar-refractivity contribution in [3.05, 3.63) is 75.8 Å². The summed E-state index contributed by atoms with van der Waals surface area (Å²) in [5.41, 5.74) is 1.31. The minimum Gasteiger partial charge on any atom is -0.348 e. The second-order valence-corrected chi connectivity index (χ2v) is 9.27. The molecule has 1 aliphatic carbocycles. The molecule has 2 atom stereocenters. The summed E-state index contributed by atoms with van der Waals surface area (Å²) in [6.07, 6.45) is 4.39. The van der Waals surface area contributed by atoms with Gasteiger partial charge in [-0.2, -0.15) is 0 Å². The van der Waals surface area contributed by atoms with E-state index in [1.54, 1.807) is 11.0 Å². The molecule has 1 saturated heterocycles. The molecule has 2 aromatic rings. The van der Waals surface area contributed by atoms with E-state index in [1.807, 2.05) is 37.3 Å². The third-order valence-electron chi connectivity index (χ3n) is 7.07. The summed E-state index contributed by atoms with van der Waals surface area (Å²) in [6, 6.07) is 15.5. The molecule has 1 N–H and O–H groups in total. The molecule has 0 bridgehead atoms. The van der Waals surface area contributed by atoms with Crippen LogP contribution in [-0.4, -0.2) is 58.8 Å². The molecule has 0 aromatic heterocycles. The van der Waals surface area contributed by atoms with Crippen LogP contribution in [0, 0.1) is 16.0 Å². The monoisotopic (exact) mass is 464 g/mol. The van der Waals surface area contributed by atoms with Gasteiger partial charge in [0.05, 0.1) is 17.0 Å². The molecule has 1 saturated carbocycles. The van der Waals surface area contributed by atoms with Crippen molar-refractivity contribution >= 4 is 17.5 Å². The van der Waals surface area contributed by atoms with Gasteiger partial charge in [0, 0.05) is 43.9 Å². The number of hydrogen-bond acceptors (Lipinski definition) is 5. The molecule has 2 fully saturated rings. The number of piperazine rings is 1. The zero-order chi connectivity index (χ0) is 24.1. The predicted octanol–water partition coefficient (Wildman–Crippen LogP) is 3.79. The van der Waals surface area contributed by atoms with Gasteiger partial charge in [-0.25, -0.2) is 0 Å². The molecular formula is C26H32N4O4. The van der Waals surface area contributed by atoms with Gasteiger partial charge in [-0.05, 0) is 37.3 Å². The van der Waals surface area contributed by atoms with Crippen molar-refractivity contribution in [2.24, 2.45) is 5.92 Å². The van der Waals surface area contributed by atoms with E-state index in [-0.39, 0.29) is 29.6 Å². The fourth-order valence-corrected chi connectivity index (χ4v) is 5.21. The Hall–Kier alpha value is -3.26. The average Bonchev–Trinajstić information content (AvgIpc) is 3.39. The highest BCUT2D eigenvalue weighted by Crippen LogP contribution is 2.31. The number of nitro groups is 1. The third-order valence-corrected chi connectivity index (χ3v) is 7.07. The number of carbonyl (C=O) groups excluding carboxylic acids is 2. The number of carbonyl (C=O) groups is 2. The zero-order valence-corrected chi connectivity index (χ0v) is 19.6. The van der Waals surface area contributed by atoms with Gasteiger partial charge in [0.15, 0.2) is 0 Å². The van der Waals surface area contributed by atoms with Gasteiger partial charge in [-0.3, -0.25) is 24.6 Å². The number of amides is 2. The summed E-state index contributed by atoms with van der Waals surface area (Å²) in [5, 5.41) is 14.3. The van der Waals surface area contributed by atoms with Crippen LogP contribution < -0.4 is 5.32 Å². The molecule has 2 aromatic carbocycles. The van der Waals surface area contributed by atoms with Crippen molar-refractivity contribution in [2.75, 3.05) is 26.2 Å². The molecule has 2 amide bonds. The molecule has 1 aliphatic heterocycles. The molecule has 1 heterocycles. The van der Waals surface area contributed by atoms with Crippen LogP contribution >= 0.6 is 0 Å². The summed E-state index contributed by atoms with van der Waals surface area (Å²) in [4.78, 5) is 40.9. The van der Waals surface area contributed by atoms with Crippen LogP contribution in [0.3, 0.4) is 0 Å². The van der Waals surface area contributed by atoms with Gasteiger partial charge in [-0.1, -0.05) is 49.2 Å². The van der Waals surface area contributed by atoms with Gasteiger partial charge < -0.3 is 10.2 Å². The zero-order valence-electron chi connectivity index (χ0n) is 19.6. The van der Waals surface area contributed by atoms with E-state index >= 15 is 0 Å². The highest BCUT2D eigenvalue weighted by molar-refractivity contribution is 5.95. The van der Waals surface area contributed by atoms with Gasteiger partial charge in [0.2, 0.25) is 5.91 Å². The van der Waals surface area contributed by atoms with Crippen LogP contribution in [0.2, 0.25) is 0 Å². The fraction of sp³-hybridized carbons (Fsp3) is 0.462. The number of nitro benzene ring substituents is 1. The van der Waals surface area contributed by atoms with E-state index in [0.717, 1.165) is 31.2 Å². The van der Waals surface area contributed by atoms with E-state index in [4.69, 9.17) is 0 Å². The first-order chi connectivity index (χ1) is 16.4. The lowest BCUT2D eigenvalue weighted by molar-refractivity contribution is -0.384. The third kappa shape index (κ3) is 5.44. The number of nitrogens with zero attached hydrogens (tertiary/aromatic N) is 3. The SMILES string of the molecule is C[C@@H](NC(=O)[C@H](C1CCCC1)N1CCN(C(=O)c2cccc([N+](=O)[O-])c2)CC1)c1ccccc1. The minimum absolute atomic E-state index is 0.0571. The lowest BCUT2D eigenvalue weighted by atomic mass is 9.94. The highest BCUT2D eigenvalue weighted by atomic mass is 16.6. The van der Waals surface area contributed by atoms with E-state index in [2.05, 4.69) is 10.2 Å². The second kappa shape index (κ2) is 10.8. The molecule has 0 radical (unpaired) electrons. The van der Waals surface area contributed by atoms with Crippen LogP contribution in [-0.2, 0) is 4.79 Å². The smallest absolute Gasteiger partial charge is 0.270 e. The number of benzene rings is 2. The van der Waals surface area contributed by atoms with E-state index in [1.165, 1.54) is 18.2 Å². The van der Waals surface area contributed by atoms with Crippen LogP contribution in [0.15, 0.2) is 54.6 Å². The largest absolute Gasteiger partial charge is 0.348 e. The summed E-state index contributed by atoms with van der Waals surface area (Å²) >= 11 is 0. The maximum absolute atomic E-state index is 13.5. The van der Waals surface area contributed by atoms with Crippen molar-refractivity contribution < 1.29 is 14.5 Å². The summed E-state index contributed by atoms with van der Waals surface area (Å²) in [6.45, 7) is 4.21. The predicted molar refractivity (Wildman–Crippen MR) is 129 cm³/mol. The van der Waals surface area contributed by atoms with E-state index < -0.39 is 4.92 Å². The maximum Gasteiger partial charge on any atom is 0.270 e. The van der Waals surface area contributed by atoms with Crippen molar-refractivity contribution in [1.29, 1.82) is 0 Å². The molecule has 8 nitrogen and oxygen atoms in total. The first kappa shape index (κ1) is 23.9. The van der Waals surface area contributed by atoms with Crippen molar-refractivity contribution in [2.45, 2.75) is 44.7 Å². The Morgan fingerprint density at radius 1 is 1.00 bits per heavy atom. The molecular weight excluding hydrogens is 432 g/mol. The van der Waals surface area contributed by atoms with E-state index in [9.17, 15) is 19.7 Å². The van der Waals surface area contributed by atoms with Crippen LogP contribution in [0.5, 0.6) is 0 Å². The number of non-ortho nitro benzene ring substituents is 1. The van der Waals surface area contributed by atoms with Gasteiger partial charge in [-0.15, -0.1) is 0 Å². The average molecular weight is 465 g/mol. The second-order valence-electron chi connectivity index (χ2n) is 9.27. The standard InChI is InChI=1S/C26H32N4O4/c1-19(20-8-3-2-4-9-20)27-25(31)24(21-10-5-6-11-21)28-14-16-29(17-15-28)26(32)22-12-7-13-23(18-22)30(33)34/h2-4,7-9,12-13,18-19,21,24H,5-6,10-11,14-17H2,1H3,(H,27,31)/t19-,24+/m1/s1. The fourth-order valence-electron chi connectivity index (χ4n) is 5.21. The molecule has 34 heavy (non-hydrogen) atoms. The Bertz CT molecular complexity index is 1010. The first-order valence-corrected chi connectivity index (χ1v) is 12.1. The van der Waals surface area contributed by atoms with Crippen LogP contribution in [0.4, 0.5) is 5.69 Å². The first-order valence-electron chi connectivity index (χ1n) is 12.1. The lowest BCUT2D eigenvalue weighted by Gasteiger charge is -2.41. The van der Waals surface area contributed by atoms with Crippen molar-refractivity contribution in [3.8, 4) is 0 Å². The van der Waals surface area contributed by atoms with Crippen LogP contribution in [0.25, 0.3) is 0 Å². The maximum atomic E-state index is 13.5. The summed E-state index contributed by atoms with van der Waals surface area (Å²) in [7, 11) is 0. The van der Waals surface area contributed by atoms with Gasteiger partial charge in [0.1, 0.15) is 0 Å². The summed E-state index contributed by atoms with van der Waals surface area (Å²) < 4.78 is 0. The Balaban J connectivity index is 1.42. The molecule has 0 unspecified atom stereocenters. The normalized spacial score (nSPS) is 18.9. The Kier molecular flexibility index (Phi) is 7.57. The number of nitrogens with one attached hydrogen (secondary N) is 1. The van der Waals surface area contributed by atoms with E-state index in [0.29, 0.717) is 37.7 Å². The summed E-state index contributed by atoms with van der Waals surface area (Å²) in [5.74, 6) is 0.173. The van der Waals surface area contributed by atoms with Gasteiger partial charge in [0.25, 0.3) is 11.6 Å². The topological polar surface area (TPSA) is 95.8 Å². The Morgan fingerprint density at radius 2 is 1.68 bits per heavy atom. The highest BCUT2D eigenvalue weighted by Gasteiger charge is 2.38. The molecule has 2 aliphatic rings. The number of rotatable bonds is 7. The van der Waals surface area contributed by atoms with Crippen molar-refractivity contribution in [1.82, 2.24) is 15.1 Å². The lowest BCUT2D eigenvalue weighted by Crippen LogP contribution is -2.58. The Labute approximate surface area is 200 Å². The quantitative estimate of drug-likeness (QED) is 0.497.